The Hall–Kier alpha value is -2.83. The van der Waals surface area contributed by atoms with E-state index in [2.05, 4.69) is 25.5 Å². The van der Waals surface area contributed by atoms with Crippen molar-refractivity contribution in [2.24, 2.45) is 11.8 Å². The number of nitrogens with one attached hydrogen (secondary N) is 2. The van der Waals surface area contributed by atoms with Gasteiger partial charge in [0.2, 0.25) is 0 Å². The minimum atomic E-state index is -0.626. The highest BCUT2D eigenvalue weighted by molar-refractivity contribution is 6.05. The van der Waals surface area contributed by atoms with E-state index in [-0.39, 0.29) is 5.56 Å². The van der Waals surface area contributed by atoms with Crippen LogP contribution in [0.2, 0.25) is 0 Å². The Morgan fingerprint density at radius 3 is 2.65 bits per heavy atom. The molecule has 5 rings (SSSR count). The van der Waals surface area contributed by atoms with E-state index in [1.807, 2.05) is 6.07 Å². The molecule has 3 aromatic rings. The van der Waals surface area contributed by atoms with Crippen LogP contribution in [0.15, 0.2) is 30.6 Å². The molecule has 26 heavy (non-hydrogen) atoms. The molecule has 6 nitrogen and oxygen atoms in total. The second kappa shape index (κ2) is 5.86. The number of aromatic amines is 1. The van der Waals surface area contributed by atoms with Crippen LogP contribution in [0.25, 0.3) is 11.0 Å². The standard InChI is InChI=1S/C19H18FN5O/c20-14-8-17-16(21-3-4-22-17)7-13(14)19(26)23-18-9-15(24-25-18)12-6-10-1-2-11(12)5-10/h3-4,7-12H,1-2,5-6H2,(H2,23,24,25,26). The van der Waals surface area contributed by atoms with Gasteiger partial charge in [-0.25, -0.2) is 4.39 Å². The van der Waals surface area contributed by atoms with E-state index in [1.54, 1.807) is 0 Å². The minimum absolute atomic E-state index is 0.0672. The van der Waals surface area contributed by atoms with Gasteiger partial charge in [-0.05, 0) is 37.2 Å². The van der Waals surface area contributed by atoms with Gasteiger partial charge in [0, 0.05) is 36.1 Å². The monoisotopic (exact) mass is 351 g/mol. The summed E-state index contributed by atoms with van der Waals surface area (Å²) in [4.78, 5) is 20.6. The van der Waals surface area contributed by atoms with E-state index in [0.717, 1.165) is 17.5 Å². The van der Waals surface area contributed by atoms with Crippen molar-refractivity contribution in [1.82, 2.24) is 20.2 Å². The van der Waals surface area contributed by atoms with Crippen molar-refractivity contribution in [2.45, 2.75) is 31.6 Å². The average molecular weight is 351 g/mol. The molecule has 2 heterocycles. The number of anilines is 1. The average Bonchev–Trinajstić information content (AvgIpc) is 3.37. The summed E-state index contributed by atoms with van der Waals surface area (Å²) in [5.41, 5.74) is 1.89. The van der Waals surface area contributed by atoms with E-state index in [1.165, 1.54) is 50.2 Å². The van der Waals surface area contributed by atoms with Crippen molar-refractivity contribution >= 4 is 22.8 Å². The second-order valence-electron chi connectivity index (χ2n) is 7.32. The van der Waals surface area contributed by atoms with E-state index in [9.17, 15) is 9.18 Å². The Balaban J connectivity index is 1.37. The van der Waals surface area contributed by atoms with Crippen LogP contribution in [0, 0.1) is 17.7 Å². The number of hydrogen-bond acceptors (Lipinski definition) is 4. The highest BCUT2D eigenvalue weighted by atomic mass is 19.1. The van der Waals surface area contributed by atoms with Gasteiger partial charge in [0.25, 0.3) is 5.91 Å². The summed E-state index contributed by atoms with van der Waals surface area (Å²) in [6.45, 7) is 0. The van der Waals surface area contributed by atoms with Crippen LogP contribution < -0.4 is 5.32 Å². The number of hydrogen-bond donors (Lipinski definition) is 2. The summed E-state index contributed by atoms with van der Waals surface area (Å²) in [7, 11) is 0. The molecular formula is C19H18FN5O. The summed E-state index contributed by atoms with van der Waals surface area (Å²) in [5, 5.41) is 9.93. The lowest BCUT2D eigenvalue weighted by molar-refractivity contribution is 0.102. The van der Waals surface area contributed by atoms with Gasteiger partial charge in [-0.3, -0.25) is 19.9 Å². The van der Waals surface area contributed by atoms with Crippen LogP contribution in [-0.2, 0) is 0 Å². The lowest BCUT2D eigenvalue weighted by atomic mass is 9.86. The maximum absolute atomic E-state index is 14.3. The van der Waals surface area contributed by atoms with Crippen LogP contribution in [0.4, 0.5) is 10.2 Å². The molecule has 2 aliphatic rings. The Kier molecular flexibility index (Phi) is 3.48. The minimum Gasteiger partial charge on any atom is -0.305 e. The van der Waals surface area contributed by atoms with Crippen molar-refractivity contribution in [3.05, 3.63) is 47.7 Å². The van der Waals surface area contributed by atoms with Crippen molar-refractivity contribution in [3.63, 3.8) is 0 Å². The molecule has 2 fully saturated rings. The van der Waals surface area contributed by atoms with E-state index < -0.39 is 11.7 Å². The zero-order valence-electron chi connectivity index (χ0n) is 14.1. The number of H-pyrrole nitrogens is 1. The maximum Gasteiger partial charge on any atom is 0.259 e. The van der Waals surface area contributed by atoms with Crippen LogP contribution in [-0.4, -0.2) is 26.1 Å². The normalized spacial score (nSPS) is 24.3. The van der Waals surface area contributed by atoms with Gasteiger partial charge in [0.15, 0.2) is 5.82 Å². The first-order valence-corrected chi connectivity index (χ1v) is 8.94. The molecule has 0 saturated heterocycles. The highest BCUT2D eigenvalue weighted by Crippen LogP contribution is 2.52. The van der Waals surface area contributed by atoms with Gasteiger partial charge in [0.05, 0.1) is 16.6 Å². The quantitative estimate of drug-likeness (QED) is 0.754. The third kappa shape index (κ3) is 2.55. The topological polar surface area (TPSA) is 83.6 Å². The number of amides is 1. The molecule has 2 N–H and O–H groups in total. The van der Waals surface area contributed by atoms with Crippen molar-refractivity contribution in [3.8, 4) is 0 Å². The summed E-state index contributed by atoms with van der Waals surface area (Å²) >= 11 is 0. The number of carbonyl (C=O) groups excluding carboxylic acids is 1. The first-order chi connectivity index (χ1) is 12.7. The predicted molar refractivity (Wildman–Crippen MR) is 94.2 cm³/mol. The number of rotatable bonds is 3. The van der Waals surface area contributed by atoms with Crippen LogP contribution >= 0.6 is 0 Å². The largest absolute Gasteiger partial charge is 0.305 e. The third-order valence-corrected chi connectivity index (χ3v) is 5.78. The van der Waals surface area contributed by atoms with Crippen LogP contribution in [0.5, 0.6) is 0 Å². The fourth-order valence-corrected chi connectivity index (χ4v) is 4.56. The smallest absolute Gasteiger partial charge is 0.259 e. The molecule has 2 bridgehead atoms. The molecule has 1 amide bonds. The molecule has 3 atom stereocenters. The van der Waals surface area contributed by atoms with Crippen molar-refractivity contribution < 1.29 is 9.18 Å². The first-order valence-electron chi connectivity index (χ1n) is 8.94. The lowest BCUT2D eigenvalue weighted by Gasteiger charge is -2.19. The summed E-state index contributed by atoms with van der Waals surface area (Å²) in [5.74, 6) is 1.31. The number of carbonyl (C=O) groups is 1. The number of fused-ring (bicyclic) bond motifs is 3. The maximum atomic E-state index is 14.3. The summed E-state index contributed by atoms with van der Waals surface area (Å²) in [6, 6.07) is 4.51. The van der Waals surface area contributed by atoms with Crippen LogP contribution in [0.3, 0.4) is 0 Å². The van der Waals surface area contributed by atoms with E-state index in [4.69, 9.17) is 0 Å². The zero-order valence-corrected chi connectivity index (χ0v) is 14.1. The molecule has 2 aliphatic carbocycles. The van der Waals surface area contributed by atoms with Gasteiger partial charge >= 0.3 is 0 Å². The van der Waals surface area contributed by atoms with E-state index >= 15 is 0 Å². The molecule has 0 aliphatic heterocycles. The Morgan fingerprint density at radius 2 is 1.92 bits per heavy atom. The molecule has 1 aromatic carbocycles. The van der Waals surface area contributed by atoms with Gasteiger partial charge in [-0.1, -0.05) is 6.42 Å². The number of aromatic nitrogens is 4. The molecule has 0 radical (unpaired) electrons. The van der Waals surface area contributed by atoms with E-state index in [0.29, 0.717) is 22.8 Å². The van der Waals surface area contributed by atoms with Gasteiger partial charge in [0.1, 0.15) is 5.82 Å². The molecule has 7 heteroatoms. The zero-order chi connectivity index (χ0) is 17.7. The Bertz CT molecular complexity index is 1000. The Labute approximate surface area is 149 Å². The molecule has 2 aromatic heterocycles. The van der Waals surface area contributed by atoms with Gasteiger partial charge < -0.3 is 5.32 Å². The number of nitrogens with zero attached hydrogens (tertiary/aromatic N) is 3. The predicted octanol–water partition coefficient (Wildman–Crippen LogP) is 3.65. The molecule has 3 unspecified atom stereocenters. The molecule has 132 valence electrons. The van der Waals surface area contributed by atoms with Gasteiger partial charge in [-0.15, -0.1) is 0 Å². The summed E-state index contributed by atoms with van der Waals surface area (Å²) in [6.07, 6.45) is 8.11. The fourth-order valence-electron chi connectivity index (χ4n) is 4.56. The SMILES string of the molecule is O=C(Nc1cc(C2CC3CCC2C3)[nH]n1)c1cc2nccnc2cc1F. The molecule has 0 spiro atoms. The summed E-state index contributed by atoms with van der Waals surface area (Å²) < 4.78 is 14.3. The van der Waals surface area contributed by atoms with Crippen LogP contribution in [0.1, 0.15) is 47.7 Å². The second-order valence-corrected chi connectivity index (χ2v) is 7.32. The van der Waals surface area contributed by atoms with Crippen molar-refractivity contribution in [1.29, 1.82) is 0 Å². The molecular weight excluding hydrogens is 333 g/mol. The molecule has 2 saturated carbocycles. The number of halogens is 1. The third-order valence-electron chi connectivity index (χ3n) is 5.78. The van der Waals surface area contributed by atoms with Crippen molar-refractivity contribution in [2.75, 3.05) is 5.32 Å². The lowest BCUT2D eigenvalue weighted by Crippen LogP contribution is -2.14. The Morgan fingerprint density at radius 1 is 1.12 bits per heavy atom. The van der Waals surface area contributed by atoms with Gasteiger partial charge in [-0.2, -0.15) is 5.10 Å². The number of benzene rings is 1. The fraction of sp³-hybridized carbons (Fsp3) is 0.368. The first kappa shape index (κ1) is 15.4. The highest BCUT2D eigenvalue weighted by Gasteiger charge is 2.40.